The quantitative estimate of drug-likeness (QED) is 0.511. The first-order chi connectivity index (χ1) is 15.3. The third-order valence-corrected chi connectivity index (χ3v) is 6.05. The van der Waals surface area contributed by atoms with Gasteiger partial charge in [0.15, 0.2) is 11.4 Å². The van der Waals surface area contributed by atoms with Gasteiger partial charge in [-0.25, -0.2) is 8.78 Å². The number of halogens is 3. The zero-order chi connectivity index (χ0) is 22.8. The highest BCUT2D eigenvalue weighted by Gasteiger charge is 2.53. The Morgan fingerprint density at radius 3 is 2.75 bits per heavy atom. The SMILES string of the molecule is C=CC(=O)N1CC2(C1)Nc1c(cnc3c(F)c(-c4c(O)cccc4F)c(Cl)cc13)NC2=O. The van der Waals surface area contributed by atoms with Gasteiger partial charge in [-0.15, -0.1) is 0 Å². The molecule has 3 aromatic rings. The van der Waals surface area contributed by atoms with E-state index in [2.05, 4.69) is 22.2 Å². The lowest BCUT2D eigenvalue weighted by Crippen LogP contribution is -2.73. The number of rotatable bonds is 2. The Labute approximate surface area is 185 Å². The van der Waals surface area contributed by atoms with E-state index >= 15 is 4.39 Å². The highest BCUT2D eigenvalue weighted by Crippen LogP contribution is 2.45. The van der Waals surface area contributed by atoms with Gasteiger partial charge >= 0.3 is 0 Å². The van der Waals surface area contributed by atoms with Crippen molar-refractivity contribution in [1.82, 2.24) is 9.88 Å². The number of fused-ring (bicyclic) bond motifs is 3. The van der Waals surface area contributed by atoms with E-state index < -0.39 is 22.9 Å². The van der Waals surface area contributed by atoms with Gasteiger partial charge in [-0.05, 0) is 24.3 Å². The molecule has 1 aromatic heterocycles. The molecule has 10 heteroatoms. The number of aromatic hydroxyl groups is 1. The largest absolute Gasteiger partial charge is 0.507 e. The summed E-state index contributed by atoms with van der Waals surface area (Å²) in [5.74, 6) is -2.87. The van der Waals surface area contributed by atoms with E-state index in [-0.39, 0.29) is 52.0 Å². The van der Waals surface area contributed by atoms with Gasteiger partial charge in [0.2, 0.25) is 5.91 Å². The number of amides is 2. The number of phenols is 1. The number of pyridine rings is 1. The van der Waals surface area contributed by atoms with Gasteiger partial charge in [-0.2, -0.15) is 0 Å². The minimum atomic E-state index is -1.09. The fourth-order valence-corrected chi connectivity index (χ4v) is 4.42. The minimum absolute atomic E-state index is 0.102. The molecule has 5 rings (SSSR count). The van der Waals surface area contributed by atoms with Crippen molar-refractivity contribution in [1.29, 1.82) is 0 Å². The molecule has 0 radical (unpaired) electrons. The van der Waals surface area contributed by atoms with Crippen LogP contribution in [-0.4, -0.2) is 45.4 Å². The number of benzene rings is 2. The van der Waals surface area contributed by atoms with Crippen LogP contribution < -0.4 is 10.6 Å². The van der Waals surface area contributed by atoms with Crippen LogP contribution in [0.2, 0.25) is 5.02 Å². The molecule has 0 saturated carbocycles. The van der Waals surface area contributed by atoms with Crippen LogP contribution >= 0.6 is 11.6 Å². The molecule has 2 aliphatic heterocycles. The zero-order valence-electron chi connectivity index (χ0n) is 16.4. The number of nitrogens with one attached hydrogen (secondary N) is 2. The molecular weight excluding hydrogens is 442 g/mol. The highest BCUT2D eigenvalue weighted by atomic mass is 35.5. The number of nitrogens with zero attached hydrogens (tertiary/aromatic N) is 2. The fraction of sp³-hybridized carbons (Fsp3) is 0.136. The van der Waals surface area contributed by atoms with Gasteiger partial charge in [-0.3, -0.25) is 14.6 Å². The van der Waals surface area contributed by atoms with Crippen molar-refractivity contribution in [3.63, 3.8) is 0 Å². The third kappa shape index (κ3) is 2.74. The Balaban J connectivity index is 1.65. The summed E-state index contributed by atoms with van der Waals surface area (Å²) in [6.07, 6.45) is 2.44. The summed E-state index contributed by atoms with van der Waals surface area (Å²) in [7, 11) is 0. The van der Waals surface area contributed by atoms with E-state index in [1.54, 1.807) is 0 Å². The molecule has 1 spiro atoms. The number of carbonyl (C=O) groups excluding carboxylic acids is 2. The summed E-state index contributed by atoms with van der Waals surface area (Å²) in [5.41, 5.74) is -1.20. The maximum absolute atomic E-state index is 15.5. The molecule has 2 amide bonds. The summed E-state index contributed by atoms with van der Waals surface area (Å²) in [6, 6.07) is 5.01. The highest BCUT2D eigenvalue weighted by molar-refractivity contribution is 6.34. The molecule has 2 aliphatic rings. The second-order valence-electron chi connectivity index (χ2n) is 7.68. The lowest BCUT2D eigenvalue weighted by Gasteiger charge is -2.51. The van der Waals surface area contributed by atoms with Crippen molar-refractivity contribution in [3.8, 4) is 16.9 Å². The van der Waals surface area contributed by atoms with Gasteiger partial charge in [0.25, 0.3) is 5.91 Å². The summed E-state index contributed by atoms with van der Waals surface area (Å²) >= 11 is 6.34. The standard InChI is InChI=1S/C22H15ClF2N4O3/c1-2-15(31)29-8-22(9-29)21(32)27-13-7-26-20-10(19(13)28-22)6-11(23)16(18(20)25)17-12(24)4-3-5-14(17)30/h2-7,28,30H,1,8-9H2,(H,27,32). The number of phenolic OH excluding ortho intramolecular Hbond substituents is 1. The molecule has 7 nitrogen and oxygen atoms in total. The molecule has 3 heterocycles. The monoisotopic (exact) mass is 456 g/mol. The van der Waals surface area contributed by atoms with E-state index in [9.17, 15) is 19.1 Å². The van der Waals surface area contributed by atoms with Crippen LogP contribution in [0.5, 0.6) is 5.75 Å². The normalized spacial score (nSPS) is 16.2. The molecular formula is C22H15ClF2N4O3. The smallest absolute Gasteiger partial charge is 0.253 e. The van der Waals surface area contributed by atoms with E-state index in [1.807, 2.05) is 0 Å². The number of hydrogen-bond donors (Lipinski definition) is 3. The Bertz CT molecular complexity index is 1330. The molecule has 0 unspecified atom stereocenters. The Morgan fingerprint density at radius 1 is 1.31 bits per heavy atom. The molecule has 32 heavy (non-hydrogen) atoms. The molecule has 1 saturated heterocycles. The number of aromatic nitrogens is 1. The van der Waals surface area contributed by atoms with Crippen molar-refractivity contribution >= 4 is 45.7 Å². The van der Waals surface area contributed by atoms with Gasteiger partial charge < -0.3 is 20.6 Å². The number of anilines is 2. The van der Waals surface area contributed by atoms with Crippen LogP contribution in [0.15, 0.2) is 43.1 Å². The lowest BCUT2D eigenvalue weighted by atomic mass is 9.85. The van der Waals surface area contributed by atoms with Crippen molar-refractivity contribution in [2.45, 2.75) is 5.54 Å². The van der Waals surface area contributed by atoms with Crippen molar-refractivity contribution in [2.24, 2.45) is 0 Å². The summed E-state index contributed by atoms with van der Waals surface area (Å²) in [4.78, 5) is 30.0. The Hall–Kier alpha value is -3.72. The zero-order valence-corrected chi connectivity index (χ0v) is 17.1. The summed E-state index contributed by atoms with van der Waals surface area (Å²) in [5, 5.41) is 16.1. The average Bonchev–Trinajstić information content (AvgIpc) is 2.73. The molecule has 0 atom stereocenters. The van der Waals surface area contributed by atoms with E-state index in [1.165, 1.54) is 29.3 Å². The molecule has 2 aromatic carbocycles. The first-order valence-corrected chi connectivity index (χ1v) is 9.93. The topological polar surface area (TPSA) is 94.6 Å². The molecule has 3 N–H and O–H groups in total. The van der Waals surface area contributed by atoms with E-state index in [0.717, 1.165) is 12.1 Å². The molecule has 162 valence electrons. The van der Waals surface area contributed by atoms with Gasteiger partial charge in [0.05, 0.1) is 41.2 Å². The summed E-state index contributed by atoms with van der Waals surface area (Å²) in [6.45, 7) is 3.64. The maximum Gasteiger partial charge on any atom is 0.253 e. The van der Waals surface area contributed by atoms with Gasteiger partial charge in [0.1, 0.15) is 17.1 Å². The van der Waals surface area contributed by atoms with Crippen LogP contribution in [-0.2, 0) is 9.59 Å². The number of likely N-dealkylation sites (tertiary alicyclic amines) is 1. The maximum atomic E-state index is 15.5. The molecule has 1 fully saturated rings. The van der Waals surface area contributed by atoms with Crippen molar-refractivity contribution in [3.05, 3.63) is 59.8 Å². The van der Waals surface area contributed by atoms with Crippen molar-refractivity contribution < 1.29 is 23.5 Å². The average molecular weight is 457 g/mol. The van der Waals surface area contributed by atoms with Gasteiger partial charge in [-0.1, -0.05) is 24.2 Å². The first kappa shape index (κ1) is 20.2. The van der Waals surface area contributed by atoms with Crippen LogP contribution in [0, 0.1) is 11.6 Å². The lowest BCUT2D eigenvalue weighted by molar-refractivity contribution is -0.138. The number of hydrogen-bond acceptors (Lipinski definition) is 5. The second-order valence-corrected chi connectivity index (χ2v) is 8.09. The predicted octanol–water partition coefficient (Wildman–Crippen LogP) is 3.67. The van der Waals surface area contributed by atoms with Crippen molar-refractivity contribution in [2.75, 3.05) is 23.7 Å². The fourth-order valence-electron chi connectivity index (χ4n) is 4.13. The first-order valence-electron chi connectivity index (χ1n) is 9.55. The molecule has 0 bridgehead atoms. The summed E-state index contributed by atoms with van der Waals surface area (Å²) < 4.78 is 29.9. The van der Waals surface area contributed by atoms with Crippen LogP contribution in [0.3, 0.4) is 0 Å². The Morgan fingerprint density at radius 2 is 2.06 bits per heavy atom. The second kappa shape index (κ2) is 6.89. The van der Waals surface area contributed by atoms with Crippen LogP contribution in [0.4, 0.5) is 20.2 Å². The number of carbonyl (C=O) groups is 2. The molecule has 0 aliphatic carbocycles. The third-order valence-electron chi connectivity index (χ3n) is 5.75. The van der Waals surface area contributed by atoms with Crippen LogP contribution in [0.25, 0.3) is 22.0 Å². The van der Waals surface area contributed by atoms with E-state index in [4.69, 9.17) is 11.6 Å². The minimum Gasteiger partial charge on any atom is -0.507 e. The van der Waals surface area contributed by atoms with E-state index in [0.29, 0.717) is 11.4 Å². The van der Waals surface area contributed by atoms with Gasteiger partial charge in [0, 0.05) is 10.9 Å². The predicted molar refractivity (Wildman–Crippen MR) is 116 cm³/mol. The van der Waals surface area contributed by atoms with Crippen LogP contribution in [0.1, 0.15) is 0 Å². The Kier molecular flexibility index (Phi) is 4.35.